The van der Waals surface area contributed by atoms with Crippen molar-refractivity contribution in [1.29, 1.82) is 0 Å². The summed E-state index contributed by atoms with van der Waals surface area (Å²) < 4.78 is 4.53. The quantitative estimate of drug-likeness (QED) is 0.547. The lowest BCUT2D eigenvalue weighted by Gasteiger charge is -2.00. The SMILES string of the molecule is COC(=O)CSCCc1ccncc1. The molecule has 0 aliphatic rings. The number of carbonyl (C=O) groups excluding carboxylic acids is 1. The van der Waals surface area contributed by atoms with Crippen LogP contribution in [0.4, 0.5) is 0 Å². The minimum atomic E-state index is -0.162. The van der Waals surface area contributed by atoms with E-state index < -0.39 is 0 Å². The van der Waals surface area contributed by atoms with E-state index in [1.54, 1.807) is 24.2 Å². The zero-order valence-corrected chi connectivity index (χ0v) is 8.92. The summed E-state index contributed by atoms with van der Waals surface area (Å²) >= 11 is 1.59. The number of esters is 1. The molecule has 76 valence electrons. The number of pyridine rings is 1. The van der Waals surface area contributed by atoms with Crippen LogP contribution in [0.1, 0.15) is 5.56 Å². The standard InChI is InChI=1S/C10H13NO2S/c1-13-10(12)8-14-7-4-9-2-5-11-6-3-9/h2-3,5-6H,4,7-8H2,1H3. The Morgan fingerprint density at radius 3 is 2.86 bits per heavy atom. The molecule has 0 amide bonds. The molecule has 1 rings (SSSR count). The number of carbonyl (C=O) groups is 1. The molecule has 1 aromatic heterocycles. The Bertz CT molecular complexity index is 277. The summed E-state index contributed by atoms with van der Waals surface area (Å²) in [6, 6.07) is 3.97. The highest BCUT2D eigenvalue weighted by Gasteiger charge is 1.99. The maximum atomic E-state index is 10.8. The Balaban J connectivity index is 2.13. The molecule has 1 heterocycles. The fourth-order valence-electron chi connectivity index (χ4n) is 0.954. The molecule has 0 aromatic carbocycles. The van der Waals surface area contributed by atoms with Crippen LogP contribution >= 0.6 is 11.8 Å². The van der Waals surface area contributed by atoms with Crippen LogP contribution in [-0.2, 0) is 16.0 Å². The van der Waals surface area contributed by atoms with Crippen molar-refractivity contribution in [2.75, 3.05) is 18.6 Å². The molecule has 4 heteroatoms. The Kier molecular flexibility index (Phi) is 5.07. The summed E-state index contributed by atoms with van der Waals surface area (Å²) in [5, 5.41) is 0. The van der Waals surface area contributed by atoms with Crippen molar-refractivity contribution in [1.82, 2.24) is 4.98 Å². The Morgan fingerprint density at radius 1 is 1.50 bits per heavy atom. The van der Waals surface area contributed by atoms with Crippen molar-refractivity contribution in [2.45, 2.75) is 6.42 Å². The van der Waals surface area contributed by atoms with E-state index in [9.17, 15) is 4.79 Å². The number of aromatic nitrogens is 1. The highest BCUT2D eigenvalue weighted by atomic mass is 32.2. The van der Waals surface area contributed by atoms with Gasteiger partial charge in [0.25, 0.3) is 0 Å². The number of ether oxygens (including phenoxy) is 1. The van der Waals surface area contributed by atoms with E-state index in [2.05, 4.69) is 9.72 Å². The first-order chi connectivity index (χ1) is 6.83. The minimum absolute atomic E-state index is 0.162. The molecule has 0 unspecified atom stereocenters. The molecule has 0 N–H and O–H groups in total. The molecule has 0 saturated heterocycles. The summed E-state index contributed by atoms with van der Waals surface area (Å²) in [5.74, 6) is 1.20. The third-order valence-corrected chi connectivity index (χ3v) is 2.66. The van der Waals surface area contributed by atoms with E-state index in [4.69, 9.17) is 0 Å². The van der Waals surface area contributed by atoms with Gasteiger partial charge in [0, 0.05) is 12.4 Å². The summed E-state index contributed by atoms with van der Waals surface area (Å²) in [5.41, 5.74) is 1.25. The second-order valence-corrected chi connectivity index (χ2v) is 3.84. The fraction of sp³-hybridized carbons (Fsp3) is 0.400. The van der Waals surface area contributed by atoms with Crippen molar-refractivity contribution in [3.63, 3.8) is 0 Å². The van der Waals surface area contributed by atoms with Crippen molar-refractivity contribution in [2.24, 2.45) is 0 Å². The predicted octanol–water partition coefficient (Wildman–Crippen LogP) is 1.53. The van der Waals surface area contributed by atoms with E-state index in [0.717, 1.165) is 12.2 Å². The number of methoxy groups -OCH3 is 1. The van der Waals surface area contributed by atoms with E-state index in [0.29, 0.717) is 5.75 Å². The highest BCUT2D eigenvalue weighted by molar-refractivity contribution is 7.99. The third-order valence-electron chi connectivity index (χ3n) is 1.73. The van der Waals surface area contributed by atoms with Gasteiger partial charge >= 0.3 is 5.97 Å². The number of nitrogens with zero attached hydrogens (tertiary/aromatic N) is 1. The van der Waals surface area contributed by atoms with Gasteiger partial charge in [-0.3, -0.25) is 9.78 Å². The minimum Gasteiger partial charge on any atom is -0.468 e. The molecule has 0 aliphatic heterocycles. The molecule has 3 nitrogen and oxygen atoms in total. The first-order valence-corrected chi connectivity index (χ1v) is 5.52. The van der Waals surface area contributed by atoms with Crippen LogP contribution in [0, 0.1) is 0 Å². The topological polar surface area (TPSA) is 39.2 Å². The third kappa shape index (κ3) is 4.28. The molecule has 14 heavy (non-hydrogen) atoms. The number of aryl methyl sites for hydroxylation is 1. The fourth-order valence-corrected chi connectivity index (χ4v) is 1.76. The molecular formula is C10H13NO2S. The first kappa shape index (κ1) is 11.0. The van der Waals surface area contributed by atoms with Crippen molar-refractivity contribution < 1.29 is 9.53 Å². The van der Waals surface area contributed by atoms with Crippen LogP contribution in [0.5, 0.6) is 0 Å². The van der Waals surface area contributed by atoms with Gasteiger partial charge in [-0.2, -0.15) is 0 Å². The van der Waals surface area contributed by atoms with Crippen LogP contribution in [0.15, 0.2) is 24.5 Å². The average molecular weight is 211 g/mol. The molecule has 0 radical (unpaired) electrons. The molecule has 0 atom stereocenters. The van der Waals surface area contributed by atoms with Crippen molar-refractivity contribution >= 4 is 17.7 Å². The van der Waals surface area contributed by atoms with Gasteiger partial charge < -0.3 is 4.74 Å². The van der Waals surface area contributed by atoms with E-state index >= 15 is 0 Å². The maximum absolute atomic E-state index is 10.8. The summed E-state index contributed by atoms with van der Waals surface area (Å²) in [7, 11) is 1.41. The van der Waals surface area contributed by atoms with Crippen molar-refractivity contribution in [3.8, 4) is 0 Å². The lowest BCUT2D eigenvalue weighted by molar-refractivity contribution is -0.137. The summed E-state index contributed by atoms with van der Waals surface area (Å²) in [4.78, 5) is 14.7. The Morgan fingerprint density at radius 2 is 2.21 bits per heavy atom. The molecule has 0 fully saturated rings. The van der Waals surface area contributed by atoms with Crippen LogP contribution in [-0.4, -0.2) is 29.6 Å². The summed E-state index contributed by atoms with van der Waals surface area (Å²) in [6.45, 7) is 0. The van der Waals surface area contributed by atoms with Gasteiger partial charge in [-0.25, -0.2) is 0 Å². The van der Waals surface area contributed by atoms with Gasteiger partial charge in [-0.15, -0.1) is 11.8 Å². The molecule has 1 aromatic rings. The predicted molar refractivity (Wildman–Crippen MR) is 57.3 cm³/mol. The van der Waals surface area contributed by atoms with Crippen LogP contribution in [0.3, 0.4) is 0 Å². The van der Waals surface area contributed by atoms with Gasteiger partial charge in [0.1, 0.15) is 0 Å². The zero-order valence-electron chi connectivity index (χ0n) is 8.10. The second kappa shape index (κ2) is 6.43. The lowest BCUT2D eigenvalue weighted by atomic mass is 10.2. The molecular weight excluding hydrogens is 198 g/mol. The first-order valence-electron chi connectivity index (χ1n) is 4.36. The average Bonchev–Trinajstić information content (AvgIpc) is 2.25. The van der Waals surface area contributed by atoms with Gasteiger partial charge in [0.15, 0.2) is 0 Å². The zero-order chi connectivity index (χ0) is 10.2. The van der Waals surface area contributed by atoms with Crippen LogP contribution in [0.25, 0.3) is 0 Å². The van der Waals surface area contributed by atoms with Gasteiger partial charge in [0.2, 0.25) is 0 Å². The number of hydrogen-bond donors (Lipinski definition) is 0. The molecule has 0 saturated carbocycles. The molecule has 0 bridgehead atoms. The van der Waals surface area contributed by atoms with Crippen molar-refractivity contribution in [3.05, 3.63) is 30.1 Å². The number of hydrogen-bond acceptors (Lipinski definition) is 4. The Hall–Kier alpha value is -1.03. The molecule has 0 spiro atoms. The largest absolute Gasteiger partial charge is 0.468 e. The monoisotopic (exact) mass is 211 g/mol. The highest BCUT2D eigenvalue weighted by Crippen LogP contribution is 2.06. The van der Waals surface area contributed by atoms with Gasteiger partial charge in [-0.05, 0) is 29.9 Å². The van der Waals surface area contributed by atoms with Gasteiger partial charge in [-0.1, -0.05) is 0 Å². The second-order valence-electron chi connectivity index (χ2n) is 2.73. The van der Waals surface area contributed by atoms with Crippen LogP contribution < -0.4 is 0 Å². The number of thioether (sulfide) groups is 1. The maximum Gasteiger partial charge on any atom is 0.315 e. The molecule has 0 aliphatic carbocycles. The smallest absolute Gasteiger partial charge is 0.315 e. The van der Waals surface area contributed by atoms with E-state index in [1.807, 2.05) is 12.1 Å². The lowest BCUT2D eigenvalue weighted by Crippen LogP contribution is -2.04. The Labute approximate surface area is 87.9 Å². The van der Waals surface area contributed by atoms with E-state index in [1.165, 1.54) is 12.7 Å². The normalized spacial score (nSPS) is 9.79. The summed E-state index contributed by atoms with van der Waals surface area (Å²) in [6.07, 6.45) is 4.52. The van der Waals surface area contributed by atoms with E-state index in [-0.39, 0.29) is 5.97 Å². The number of rotatable bonds is 5. The van der Waals surface area contributed by atoms with Crippen LogP contribution in [0.2, 0.25) is 0 Å². The van der Waals surface area contributed by atoms with Gasteiger partial charge in [0.05, 0.1) is 12.9 Å².